The lowest BCUT2D eigenvalue weighted by Crippen LogP contribution is -2.28. The zero-order valence-corrected chi connectivity index (χ0v) is 12.4. The van der Waals surface area contributed by atoms with Crippen LogP contribution >= 0.6 is 0 Å². The molecule has 4 heteroatoms. The van der Waals surface area contributed by atoms with Crippen molar-refractivity contribution in [1.29, 1.82) is 0 Å². The van der Waals surface area contributed by atoms with Gasteiger partial charge in [-0.1, -0.05) is 6.07 Å². The van der Waals surface area contributed by atoms with Gasteiger partial charge in [-0.05, 0) is 44.2 Å². The average molecular weight is 273 g/mol. The molecule has 0 bridgehead atoms. The largest absolute Gasteiger partial charge is 0.357 e. The Morgan fingerprint density at radius 1 is 1.20 bits per heavy atom. The lowest BCUT2D eigenvalue weighted by atomic mass is 10.0. The van der Waals surface area contributed by atoms with Crippen LogP contribution in [0.2, 0.25) is 0 Å². The van der Waals surface area contributed by atoms with E-state index in [0.29, 0.717) is 0 Å². The third kappa shape index (κ3) is 2.39. The zero-order chi connectivity index (χ0) is 14.1. The number of rotatable bonds is 2. The van der Waals surface area contributed by atoms with Gasteiger partial charge in [-0.15, -0.1) is 0 Å². The summed E-state index contributed by atoms with van der Waals surface area (Å²) in [7, 11) is 0. The summed E-state index contributed by atoms with van der Waals surface area (Å²) in [4.78, 5) is 20.8. The summed E-state index contributed by atoms with van der Waals surface area (Å²) >= 11 is 0. The minimum Gasteiger partial charge on any atom is -0.357 e. The Morgan fingerprint density at radius 3 is 2.60 bits per heavy atom. The Labute approximate surface area is 120 Å². The van der Waals surface area contributed by atoms with E-state index in [1.165, 1.54) is 18.4 Å². The number of pyridine rings is 1. The monoisotopic (exact) mass is 273 g/mol. The van der Waals surface area contributed by atoms with Gasteiger partial charge in [0.1, 0.15) is 5.82 Å². The molecule has 0 unspecified atom stereocenters. The van der Waals surface area contributed by atoms with Gasteiger partial charge in [0.15, 0.2) is 0 Å². The van der Waals surface area contributed by atoms with Crippen LogP contribution in [0.1, 0.15) is 49.9 Å². The van der Waals surface area contributed by atoms with Gasteiger partial charge < -0.3 is 9.80 Å². The first-order valence-corrected chi connectivity index (χ1v) is 7.66. The fraction of sp³-hybridized carbons (Fsp3) is 0.625. The summed E-state index contributed by atoms with van der Waals surface area (Å²) in [5.74, 6) is 1.27. The number of carbonyl (C=O) groups is 1. The maximum Gasteiger partial charge on any atom is 0.219 e. The van der Waals surface area contributed by atoms with Crippen LogP contribution in [0.25, 0.3) is 0 Å². The Balaban J connectivity index is 1.85. The molecule has 2 fully saturated rings. The molecule has 3 heterocycles. The van der Waals surface area contributed by atoms with Gasteiger partial charge in [-0.2, -0.15) is 0 Å². The van der Waals surface area contributed by atoms with E-state index in [2.05, 4.69) is 24.0 Å². The number of amides is 1. The second-order valence-corrected chi connectivity index (χ2v) is 5.91. The van der Waals surface area contributed by atoms with Crippen molar-refractivity contribution in [3.8, 4) is 0 Å². The summed E-state index contributed by atoms with van der Waals surface area (Å²) in [6, 6.07) is 4.54. The van der Waals surface area contributed by atoms with Gasteiger partial charge in [0, 0.05) is 32.3 Å². The molecule has 1 atom stereocenters. The van der Waals surface area contributed by atoms with Crippen molar-refractivity contribution in [2.45, 2.75) is 45.6 Å². The molecular weight excluding hydrogens is 250 g/mol. The van der Waals surface area contributed by atoms with Crippen LogP contribution in [0.5, 0.6) is 0 Å². The molecule has 0 aromatic carbocycles. The second kappa shape index (κ2) is 5.43. The molecule has 108 valence electrons. The van der Waals surface area contributed by atoms with Gasteiger partial charge in [-0.25, -0.2) is 4.98 Å². The highest BCUT2D eigenvalue weighted by Gasteiger charge is 2.29. The van der Waals surface area contributed by atoms with E-state index in [1.54, 1.807) is 6.92 Å². The number of aromatic nitrogens is 1. The quantitative estimate of drug-likeness (QED) is 0.831. The first kappa shape index (κ1) is 13.4. The van der Waals surface area contributed by atoms with Gasteiger partial charge in [-0.3, -0.25) is 4.79 Å². The van der Waals surface area contributed by atoms with Crippen LogP contribution in [0.15, 0.2) is 12.1 Å². The van der Waals surface area contributed by atoms with Crippen LogP contribution in [0.4, 0.5) is 5.82 Å². The van der Waals surface area contributed by atoms with Crippen molar-refractivity contribution in [1.82, 2.24) is 9.88 Å². The average Bonchev–Trinajstić information content (AvgIpc) is 3.10. The van der Waals surface area contributed by atoms with Gasteiger partial charge in [0.25, 0.3) is 0 Å². The van der Waals surface area contributed by atoms with Crippen LogP contribution < -0.4 is 4.90 Å². The van der Waals surface area contributed by atoms with Crippen LogP contribution in [0, 0.1) is 6.92 Å². The first-order valence-electron chi connectivity index (χ1n) is 7.66. The van der Waals surface area contributed by atoms with E-state index in [4.69, 9.17) is 4.98 Å². The summed E-state index contributed by atoms with van der Waals surface area (Å²) in [5, 5.41) is 0. The Morgan fingerprint density at radius 2 is 1.95 bits per heavy atom. The van der Waals surface area contributed by atoms with E-state index in [1.807, 2.05) is 4.90 Å². The van der Waals surface area contributed by atoms with Crippen LogP contribution in [-0.2, 0) is 4.79 Å². The van der Waals surface area contributed by atoms with Crippen molar-refractivity contribution in [3.63, 3.8) is 0 Å². The number of hydrogen-bond donors (Lipinski definition) is 0. The molecule has 0 N–H and O–H groups in total. The fourth-order valence-electron chi connectivity index (χ4n) is 3.50. The Bertz CT molecular complexity index is 508. The van der Waals surface area contributed by atoms with E-state index < -0.39 is 0 Å². The molecule has 20 heavy (non-hydrogen) atoms. The number of nitrogens with zero attached hydrogens (tertiary/aromatic N) is 3. The predicted octanol–water partition coefficient (Wildman–Crippen LogP) is 2.67. The molecule has 0 spiro atoms. The molecule has 2 saturated heterocycles. The molecule has 2 aliphatic rings. The lowest BCUT2D eigenvalue weighted by Gasteiger charge is -2.26. The first-order chi connectivity index (χ1) is 9.66. The molecule has 1 aromatic heterocycles. The highest BCUT2D eigenvalue weighted by atomic mass is 16.2. The molecule has 4 nitrogen and oxygen atoms in total. The topological polar surface area (TPSA) is 36.4 Å². The summed E-state index contributed by atoms with van der Waals surface area (Å²) < 4.78 is 0. The molecule has 1 aromatic rings. The van der Waals surface area contributed by atoms with Crippen molar-refractivity contribution in [2.75, 3.05) is 24.5 Å². The third-order valence-electron chi connectivity index (χ3n) is 4.56. The van der Waals surface area contributed by atoms with Crippen molar-refractivity contribution < 1.29 is 4.79 Å². The van der Waals surface area contributed by atoms with Crippen molar-refractivity contribution >= 4 is 11.7 Å². The maximum absolute atomic E-state index is 11.7. The molecule has 0 radical (unpaired) electrons. The number of likely N-dealkylation sites (tertiary alicyclic amines) is 1. The van der Waals surface area contributed by atoms with E-state index in [0.717, 1.165) is 44.0 Å². The van der Waals surface area contributed by atoms with E-state index in [-0.39, 0.29) is 11.9 Å². The Hall–Kier alpha value is -1.58. The van der Waals surface area contributed by atoms with Crippen LogP contribution in [0.3, 0.4) is 0 Å². The SMILES string of the molecule is CC(=O)N1CCC[C@@H]1c1ccc(N2CCCC2)nc1C. The number of anilines is 1. The zero-order valence-electron chi connectivity index (χ0n) is 12.4. The minimum atomic E-state index is 0.176. The summed E-state index contributed by atoms with van der Waals surface area (Å²) in [6.45, 7) is 6.86. The van der Waals surface area contributed by atoms with Gasteiger partial charge in [0.05, 0.1) is 6.04 Å². The molecule has 3 rings (SSSR count). The molecule has 1 amide bonds. The summed E-state index contributed by atoms with van der Waals surface area (Å²) in [5.41, 5.74) is 2.30. The smallest absolute Gasteiger partial charge is 0.219 e. The molecule has 2 aliphatic heterocycles. The molecular formula is C16H23N3O. The van der Waals surface area contributed by atoms with Gasteiger partial charge in [0.2, 0.25) is 5.91 Å². The van der Waals surface area contributed by atoms with E-state index >= 15 is 0 Å². The highest BCUT2D eigenvalue weighted by molar-refractivity contribution is 5.74. The van der Waals surface area contributed by atoms with Crippen molar-refractivity contribution in [3.05, 3.63) is 23.4 Å². The maximum atomic E-state index is 11.7. The third-order valence-corrected chi connectivity index (χ3v) is 4.56. The standard InChI is InChI=1S/C16H23N3O/c1-12-14(15-6-5-11-19(15)13(2)20)7-8-16(17-12)18-9-3-4-10-18/h7-8,15H,3-6,9-11H2,1-2H3/t15-/m1/s1. The fourth-order valence-corrected chi connectivity index (χ4v) is 3.50. The Kier molecular flexibility index (Phi) is 3.64. The normalized spacial score (nSPS) is 22.6. The second-order valence-electron chi connectivity index (χ2n) is 5.91. The number of aryl methyl sites for hydroxylation is 1. The van der Waals surface area contributed by atoms with Crippen molar-refractivity contribution in [2.24, 2.45) is 0 Å². The minimum absolute atomic E-state index is 0.176. The molecule has 0 aliphatic carbocycles. The predicted molar refractivity (Wildman–Crippen MR) is 79.8 cm³/mol. The van der Waals surface area contributed by atoms with E-state index in [9.17, 15) is 4.79 Å². The number of carbonyl (C=O) groups excluding carboxylic acids is 1. The lowest BCUT2D eigenvalue weighted by molar-refractivity contribution is -0.129. The number of hydrogen-bond acceptors (Lipinski definition) is 3. The summed E-state index contributed by atoms with van der Waals surface area (Å²) in [6.07, 6.45) is 4.69. The van der Waals surface area contributed by atoms with Gasteiger partial charge >= 0.3 is 0 Å². The highest BCUT2D eigenvalue weighted by Crippen LogP contribution is 2.34. The molecule has 0 saturated carbocycles. The van der Waals surface area contributed by atoms with Crippen LogP contribution in [-0.4, -0.2) is 35.4 Å².